The molecule has 0 bridgehead atoms. The van der Waals surface area contributed by atoms with Gasteiger partial charge in [-0.25, -0.2) is 0 Å². The molecule has 0 fully saturated rings. The van der Waals surface area contributed by atoms with E-state index in [1.54, 1.807) is 12.3 Å². The second-order valence-corrected chi connectivity index (χ2v) is 5.37. The van der Waals surface area contributed by atoms with Gasteiger partial charge in [0.05, 0.1) is 12.1 Å². The summed E-state index contributed by atoms with van der Waals surface area (Å²) in [6.45, 7) is 5.91. The van der Waals surface area contributed by atoms with E-state index in [4.69, 9.17) is 11.6 Å². The number of rotatable bonds is 3. The van der Waals surface area contributed by atoms with Crippen molar-refractivity contribution in [1.29, 1.82) is 0 Å². The Bertz CT molecular complexity index is 711. The maximum Gasteiger partial charge on any atom is 0.226 e. The van der Waals surface area contributed by atoms with Crippen molar-refractivity contribution in [2.75, 3.05) is 0 Å². The molecule has 1 aromatic carbocycles. The zero-order chi connectivity index (χ0) is 14.9. The average Bonchev–Trinajstić information content (AvgIpc) is 2.33. The van der Waals surface area contributed by atoms with E-state index in [0.29, 0.717) is 5.56 Å². The highest BCUT2D eigenvalue weighted by atomic mass is 35.5. The first-order valence-electron chi connectivity index (χ1n) is 6.37. The summed E-state index contributed by atoms with van der Waals surface area (Å²) >= 11 is 5.40. The van der Waals surface area contributed by atoms with E-state index in [9.17, 15) is 9.59 Å². The molecule has 0 radical (unpaired) electrons. The fourth-order valence-corrected chi connectivity index (χ4v) is 2.53. The number of benzene rings is 1. The van der Waals surface area contributed by atoms with Crippen LogP contribution < -0.4 is 5.43 Å². The van der Waals surface area contributed by atoms with Gasteiger partial charge in [-0.2, -0.15) is 0 Å². The lowest BCUT2D eigenvalue weighted by Crippen LogP contribution is -2.16. The Labute approximate surface area is 122 Å². The third-order valence-corrected chi connectivity index (χ3v) is 3.46. The summed E-state index contributed by atoms with van der Waals surface area (Å²) in [5.74, 6) is 0. The van der Waals surface area contributed by atoms with E-state index in [2.05, 4.69) is 0 Å². The number of para-hydroxylation sites is 1. The first kappa shape index (κ1) is 14.5. The van der Waals surface area contributed by atoms with E-state index in [1.165, 1.54) is 0 Å². The molecule has 0 saturated carbocycles. The number of hydrogen-bond acceptors (Lipinski definition) is 2. The van der Waals surface area contributed by atoms with Crippen LogP contribution >= 0.6 is 11.6 Å². The fourth-order valence-electron chi connectivity index (χ4n) is 2.38. The van der Waals surface area contributed by atoms with Gasteiger partial charge < -0.3 is 4.57 Å². The van der Waals surface area contributed by atoms with Gasteiger partial charge in [-0.15, -0.1) is 0 Å². The minimum Gasteiger partial charge on any atom is -0.320 e. The van der Waals surface area contributed by atoms with Crippen LogP contribution in [0.15, 0.2) is 35.3 Å². The van der Waals surface area contributed by atoms with E-state index >= 15 is 0 Å². The maximum absolute atomic E-state index is 11.9. The van der Waals surface area contributed by atoms with Crippen molar-refractivity contribution < 1.29 is 4.79 Å². The number of nitrogens with zero attached hydrogens (tertiary/aromatic N) is 1. The van der Waals surface area contributed by atoms with Crippen molar-refractivity contribution in [1.82, 2.24) is 4.57 Å². The number of halogens is 1. The molecule has 0 N–H and O–H groups in total. The molecule has 2 rings (SSSR count). The van der Waals surface area contributed by atoms with Crippen LogP contribution in [0, 0.1) is 20.8 Å². The molecule has 1 heterocycles. The third-order valence-electron chi connectivity index (χ3n) is 3.33. The number of aryl methyl sites for hydroxylation is 3. The van der Waals surface area contributed by atoms with Crippen molar-refractivity contribution in [3.05, 3.63) is 63.1 Å². The highest BCUT2D eigenvalue weighted by Gasteiger charge is 2.11. The molecule has 4 heteroatoms. The predicted molar refractivity (Wildman–Crippen MR) is 80.8 cm³/mol. The van der Waals surface area contributed by atoms with E-state index in [0.717, 1.165) is 22.5 Å². The molecule has 3 nitrogen and oxygen atoms in total. The summed E-state index contributed by atoms with van der Waals surface area (Å²) < 4.78 is 1.95. The molecule has 0 unspecified atom stereocenters. The maximum atomic E-state index is 11.9. The molecule has 1 aromatic heterocycles. The van der Waals surface area contributed by atoms with E-state index < -0.39 is 5.24 Å². The molecule has 2 aromatic rings. The summed E-state index contributed by atoms with van der Waals surface area (Å²) in [6, 6.07) is 7.58. The first-order valence-corrected chi connectivity index (χ1v) is 6.75. The highest BCUT2D eigenvalue weighted by Crippen LogP contribution is 2.20. The van der Waals surface area contributed by atoms with Gasteiger partial charge in [0.1, 0.15) is 0 Å². The van der Waals surface area contributed by atoms with Crippen LogP contribution in [-0.4, -0.2) is 9.81 Å². The molecular weight excluding hydrogens is 274 g/mol. The lowest BCUT2D eigenvalue weighted by Gasteiger charge is -2.17. The van der Waals surface area contributed by atoms with Gasteiger partial charge in [-0.3, -0.25) is 9.59 Å². The largest absolute Gasteiger partial charge is 0.320 e. The summed E-state index contributed by atoms with van der Waals surface area (Å²) in [5, 5.41) is -0.529. The lowest BCUT2D eigenvalue weighted by molar-refractivity contribution is -0.111. The van der Waals surface area contributed by atoms with Crippen molar-refractivity contribution in [2.24, 2.45) is 0 Å². The van der Waals surface area contributed by atoms with Gasteiger partial charge in [0, 0.05) is 23.5 Å². The van der Waals surface area contributed by atoms with Crippen molar-refractivity contribution in [3.8, 4) is 5.69 Å². The molecule has 0 aliphatic heterocycles. The second kappa shape index (κ2) is 5.63. The Morgan fingerprint density at radius 2 is 1.80 bits per heavy atom. The SMILES string of the molecule is Cc1cccc(C)c1-n1cc(CC(=O)Cl)c(=O)cc1C. The third kappa shape index (κ3) is 2.83. The van der Waals surface area contributed by atoms with Crippen LogP contribution in [0.1, 0.15) is 22.4 Å². The molecule has 20 heavy (non-hydrogen) atoms. The number of hydrogen-bond donors (Lipinski definition) is 0. The number of carbonyl (C=O) groups is 1. The summed E-state index contributed by atoms with van der Waals surface area (Å²) in [6.07, 6.45) is 1.67. The zero-order valence-electron chi connectivity index (χ0n) is 11.7. The number of aromatic nitrogens is 1. The Morgan fingerprint density at radius 3 is 2.35 bits per heavy atom. The van der Waals surface area contributed by atoms with Gasteiger partial charge in [0.2, 0.25) is 5.24 Å². The summed E-state index contributed by atoms with van der Waals surface area (Å²) in [7, 11) is 0. The van der Waals surface area contributed by atoms with Crippen LogP contribution in [-0.2, 0) is 11.2 Å². The Kier molecular flexibility index (Phi) is 4.09. The van der Waals surface area contributed by atoms with Gasteiger partial charge in [0.25, 0.3) is 0 Å². The molecular formula is C16H16ClNO2. The molecule has 0 atom stereocenters. The van der Waals surface area contributed by atoms with Crippen LogP contribution in [0.5, 0.6) is 0 Å². The Balaban J connectivity index is 2.68. The highest BCUT2D eigenvalue weighted by molar-refractivity contribution is 6.63. The second-order valence-electron chi connectivity index (χ2n) is 4.95. The predicted octanol–water partition coefficient (Wildman–Crippen LogP) is 3.07. The topological polar surface area (TPSA) is 39.1 Å². The average molecular weight is 290 g/mol. The molecule has 0 aliphatic carbocycles. The summed E-state index contributed by atoms with van der Waals surface area (Å²) in [5.41, 5.74) is 4.35. The monoisotopic (exact) mass is 289 g/mol. The molecule has 104 valence electrons. The van der Waals surface area contributed by atoms with Crippen molar-refractivity contribution in [2.45, 2.75) is 27.2 Å². The van der Waals surface area contributed by atoms with Gasteiger partial charge >= 0.3 is 0 Å². The van der Waals surface area contributed by atoms with Crippen LogP contribution in [0.25, 0.3) is 5.69 Å². The number of pyridine rings is 1. The molecule has 0 saturated heterocycles. The lowest BCUT2D eigenvalue weighted by atomic mass is 10.1. The van der Waals surface area contributed by atoms with Crippen molar-refractivity contribution in [3.63, 3.8) is 0 Å². The number of carbonyl (C=O) groups excluding carboxylic acids is 1. The standard InChI is InChI=1S/C16H16ClNO2/c1-10-5-4-6-11(2)16(10)18-9-13(8-15(17)20)14(19)7-12(18)3/h4-7,9H,8H2,1-3H3. The van der Waals surface area contributed by atoms with Gasteiger partial charge in [-0.05, 0) is 43.5 Å². The van der Waals surface area contributed by atoms with E-state index in [-0.39, 0.29) is 11.8 Å². The molecule has 0 spiro atoms. The zero-order valence-corrected chi connectivity index (χ0v) is 12.5. The fraction of sp³-hybridized carbons (Fsp3) is 0.250. The Hall–Kier alpha value is -1.87. The van der Waals surface area contributed by atoms with Gasteiger partial charge in [-0.1, -0.05) is 18.2 Å². The minimum atomic E-state index is -0.529. The van der Waals surface area contributed by atoms with E-state index in [1.807, 2.05) is 43.5 Å². The van der Waals surface area contributed by atoms with Crippen molar-refractivity contribution >= 4 is 16.8 Å². The first-order chi connectivity index (χ1) is 9.40. The Morgan fingerprint density at radius 1 is 1.20 bits per heavy atom. The molecule has 0 amide bonds. The smallest absolute Gasteiger partial charge is 0.226 e. The quantitative estimate of drug-likeness (QED) is 0.815. The van der Waals surface area contributed by atoms with Crippen LogP contribution in [0.2, 0.25) is 0 Å². The summed E-state index contributed by atoms with van der Waals surface area (Å²) in [4.78, 5) is 23.0. The van der Waals surface area contributed by atoms with Gasteiger partial charge in [0.15, 0.2) is 5.43 Å². The van der Waals surface area contributed by atoms with Crippen LogP contribution in [0.3, 0.4) is 0 Å². The molecule has 0 aliphatic rings. The minimum absolute atomic E-state index is 0.0500. The van der Waals surface area contributed by atoms with Crippen LogP contribution in [0.4, 0.5) is 0 Å². The normalized spacial score (nSPS) is 10.6.